The Bertz CT molecular complexity index is 587. The molecule has 142 valence electrons. The lowest BCUT2D eigenvalue weighted by molar-refractivity contribution is -0.136. The molecule has 6 nitrogen and oxygen atoms in total. The first-order chi connectivity index (χ1) is 12.7. The van der Waals surface area contributed by atoms with Crippen LogP contribution in [0, 0.1) is 5.92 Å². The molecule has 2 atom stereocenters. The molecule has 2 N–H and O–H groups in total. The fourth-order valence-corrected chi connectivity index (χ4v) is 3.64. The molecule has 2 saturated heterocycles. The van der Waals surface area contributed by atoms with Crippen molar-refractivity contribution in [2.24, 2.45) is 5.92 Å². The number of hydrogen-bond donors (Lipinski definition) is 2. The quantitative estimate of drug-likeness (QED) is 0.809. The van der Waals surface area contributed by atoms with Crippen molar-refractivity contribution >= 4 is 11.8 Å². The molecule has 0 saturated carbocycles. The third-order valence-electron chi connectivity index (χ3n) is 5.12. The van der Waals surface area contributed by atoms with E-state index in [1.54, 1.807) is 0 Å². The lowest BCUT2D eigenvalue weighted by atomic mass is 9.96. The van der Waals surface area contributed by atoms with E-state index in [1.807, 2.05) is 35.2 Å². The van der Waals surface area contributed by atoms with E-state index in [-0.39, 0.29) is 23.8 Å². The van der Waals surface area contributed by atoms with Gasteiger partial charge in [0.2, 0.25) is 11.8 Å². The van der Waals surface area contributed by atoms with E-state index in [9.17, 15) is 9.59 Å². The molecule has 0 aliphatic carbocycles. The van der Waals surface area contributed by atoms with Crippen LogP contribution in [0.1, 0.15) is 32.1 Å². The fourth-order valence-electron chi connectivity index (χ4n) is 3.64. The number of para-hydroxylation sites is 1. The number of hydrogen-bond acceptors (Lipinski definition) is 4. The van der Waals surface area contributed by atoms with Crippen molar-refractivity contribution < 1.29 is 14.3 Å². The van der Waals surface area contributed by atoms with Gasteiger partial charge in [-0.15, -0.1) is 0 Å². The summed E-state index contributed by atoms with van der Waals surface area (Å²) in [7, 11) is 0. The lowest BCUT2D eigenvalue weighted by Crippen LogP contribution is -2.51. The molecule has 2 fully saturated rings. The number of nitrogens with one attached hydrogen (secondary N) is 2. The van der Waals surface area contributed by atoms with Gasteiger partial charge >= 0.3 is 0 Å². The fraction of sp³-hybridized carbons (Fsp3) is 0.600. The van der Waals surface area contributed by atoms with Crippen LogP contribution in [0.3, 0.4) is 0 Å². The van der Waals surface area contributed by atoms with Gasteiger partial charge in [0.05, 0.1) is 18.9 Å². The van der Waals surface area contributed by atoms with Crippen molar-refractivity contribution in [3.63, 3.8) is 0 Å². The Hall–Kier alpha value is -2.08. The normalized spacial score (nSPS) is 23.3. The highest BCUT2D eigenvalue weighted by molar-refractivity contribution is 5.81. The van der Waals surface area contributed by atoms with E-state index in [1.165, 1.54) is 0 Å². The van der Waals surface area contributed by atoms with E-state index in [4.69, 9.17) is 4.74 Å². The summed E-state index contributed by atoms with van der Waals surface area (Å²) in [4.78, 5) is 26.8. The maximum absolute atomic E-state index is 12.5. The highest BCUT2D eigenvalue weighted by Crippen LogP contribution is 2.18. The second-order valence-corrected chi connectivity index (χ2v) is 7.14. The number of rotatable bonds is 6. The van der Waals surface area contributed by atoms with Crippen LogP contribution in [-0.2, 0) is 9.59 Å². The van der Waals surface area contributed by atoms with Crippen LogP contribution in [-0.4, -0.2) is 55.5 Å². The average Bonchev–Trinajstić information content (AvgIpc) is 2.69. The highest BCUT2D eigenvalue weighted by Gasteiger charge is 2.29. The van der Waals surface area contributed by atoms with Gasteiger partial charge < -0.3 is 20.3 Å². The molecule has 1 aromatic rings. The first kappa shape index (κ1) is 18.7. The number of carbonyl (C=O) groups is 2. The summed E-state index contributed by atoms with van der Waals surface area (Å²) in [6, 6.07) is 9.74. The summed E-state index contributed by atoms with van der Waals surface area (Å²) in [6.45, 7) is 3.50. The number of ether oxygens (including phenoxy) is 1. The smallest absolute Gasteiger partial charge is 0.226 e. The summed E-state index contributed by atoms with van der Waals surface area (Å²) in [6.07, 6.45) is 4.21. The number of likely N-dealkylation sites (tertiary alicyclic amines) is 1. The predicted molar refractivity (Wildman–Crippen MR) is 99.9 cm³/mol. The molecule has 2 unspecified atom stereocenters. The second-order valence-electron chi connectivity index (χ2n) is 7.14. The zero-order valence-electron chi connectivity index (χ0n) is 15.3. The molecular weight excluding hydrogens is 330 g/mol. The number of nitrogens with zero attached hydrogens (tertiary/aromatic N) is 1. The standard InChI is InChI=1S/C20H29N3O3/c24-19(10-13-26-18-8-2-1-3-9-18)23-12-5-6-16(15-23)20(25)22-17-7-4-11-21-14-17/h1-3,8-9,16-17,21H,4-7,10-15H2,(H,22,25). The SMILES string of the molecule is O=C(NC1CCCNC1)C1CCCN(C(=O)CCOc2ccccc2)C1. The van der Waals surface area contributed by atoms with Gasteiger partial charge in [0.25, 0.3) is 0 Å². The van der Waals surface area contributed by atoms with Gasteiger partial charge in [-0.1, -0.05) is 18.2 Å². The predicted octanol–water partition coefficient (Wildman–Crippen LogP) is 1.56. The van der Waals surface area contributed by atoms with Crippen molar-refractivity contribution in [1.82, 2.24) is 15.5 Å². The van der Waals surface area contributed by atoms with Crippen LogP contribution in [0.15, 0.2) is 30.3 Å². The largest absolute Gasteiger partial charge is 0.493 e. The molecule has 0 aromatic heterocycles. The second kappa shape index (κ2) is 9.57. The lowest BCUT2D eigenvalue weighted by Gasteiger charge is -2.33. The monoisotopic (exact) mass is 359 g/mol. The molecule has 0 bridgehead atoms. The van der Waals surface area contributed by atoms with E-state index in [0.717, 1.165) is 51.1 Å². The van der Waals surface area contributed by atoms with E-state index in [2.05, 4.69) is 10.6 Å². The Kier molecular flexibility index (Phi) is 6.89. The van der Waals surface area contributed by atoms with E-state index in [0.29, 0.717) is 19.6 Å². The molecule has 0 spiro atoms. The minimum atomic E-state index is -0.0929. The molecular formula is C20H29N3O3. The summed E-state index contributed by atoms with van der Waals surface area (Å²) in [5.41, 5.74) is 0. The highest BCUT2D eigenvalue weighted by atomic mass is 16.5. The summed E-state index contributed by atoms with van der Waals surface area (Å²) in [5, 5.41) is 6.46. The van der Waals surface area contributed by atoms with Crippen molar-refractivity contribution in [3.8, 4) is 5.75 Å². The van der Waals surface area contributed by atoms with Crippen LogP contribution < -0.4 is 15.4 Å². The van der Waals surface area contributed by atoms with Gasteiger partial charge in [0.15, 0.2) is 0 Å². The molecule has 0 radical (unpaired) electrons. The summed E-state index contributed by atoms with van der Waals surface area (Å²) >= 11 is 0. The Morgan fingerprint density at radius 3 is 2.81 bits per heavy atom. The Labute approximate surface area is 155 Å². The van der Waals surface area contributed by atoms with Crippen molar-refractivity contribution in [2.45, 2.75) is 38.1 Å². The zero-order chi connectivity index (χ0) is 18.2. The van der Waals surface area contributed by atoms with Crippen molar-refractivity contribution in [1.29, 1.82) is 0 Å². The first-order valence-corrected chi connectivity index (χ1v) is 9.69. The van der Waals surface area contributed by atoms with Crippen LogP contribution in [0.5, 0.6) is 5.75 Å². The van der Waals surface area contributed by atoms with Gasteiger partial charge in [-0.3, -0.25) is 9.59 Å². The summed E-state index contributed by atoms with van der Waals surface area (Å²) in [5.74, 6) is 0.844. The molecule has 2 amide bonds. The molecule has 26 heavy (non-hydrogen) atoms. The van der Waals surface area contributed by atoms with Crippen molar-refractivity contribution in [3.05, 3.63) is 30.3 Å². The maximum Gasteiger partial charge on any atom is 0.226 e. The van der Waals surface area contributed by atoms with Crippen LogP contribution >= 0.6 is 0 Å². The third kappa shape index (κ3) is 5.46. The van der Waals surface area contributed by atoms with Crippen LogP contribution in [0.4, 0.5) is 0 Å². The number of piperidine rings is 2. The zero-order valence-corrected chi connectivity index (χ0v) is 15.3. The molecule has 6 heteroatoms. The minimum absolute atomic E-state index is 0.0674. The van der Waals surface area contributed by atoms with Gasteiger partial charge in [-0.05, 0) is 44.4 Å². The molecule has 1 aromatic carbocycles. The topological polar surface area (TPSA) is 70.7 Å². The molecule has 3 rings (SSSR count). The van der Waals surface area contributed by atoms with Crippen LogP contribution in [0.25, 0.3) is 0 Å². The van der Waals surface area contributed by atoms with Crippen molar-refractivity contribution in [2.75, 3.05) is 32.8 Å². The summed E-state index contributed by atoms with van der Waals surface area (Å²) < 4.78 is 5.61. The van der Waals surface area contributed by atoms with E-state index < -0.39 is 0 Å². The molecule has 2 heterocycles. The van der Waals surface area contributed by atoms with Gasteiger partial charge in [-0.25, -0.2) is 0 Å². The number of amides is 2. The number of benzene rings is 1. The van der Waals surface area contributed by atoms with Gasteiger partial charge in [0, 0.05) is 25.7 Å². The van der Waals surface area contributed by atoms with Crippen LogP contribution in [0.2, 0.25) is 0 Å². The Morgan fingerprint density at radius 1 is 1.19 bits per heavy atom. The maximum atomic E-state index is 12.5. The number of carbonyl (C=O) groups excluding carboxylic acids is 2. The molecule has 2 aliphatic heterocycles. The average molecular weight is 359 g/mol. The Balaban J connectivity index is 1.41. The van der Waals surface area contributed by atoms with Gasteiger partial charge in [0.1, 0.15) is 5.75 Å². The third-order valence-corrected chi connectivity index (χ3v) is 5.12. The first-order valence-electron chi connectivity index (χ1n) is 9.69. The van der Waals surface area contributed by atoms with E-state index >= 15 is 0 Å². The molecule has 2 aliphatic rings. The minimum Gasteiger partial charge on any atom is -0.493 e. The Morgan fingerprint density at radius 2 is 2.04 bits per heavy atom. The van der Waals surface area contributed by atoms with Gasteiger partial charge in [-0.2, -0.15) is 0 Å².